The summed E-state index contributed by atoms with van der Waals surface area (Å²) in [6, 6.07) is 3.62. The predicted octanol–water partition coefficient (Wildman–Crippen LogP) is 5.08. The van der Waals surface area contributed by atoms with E-state index in [1.54, 1.807) is 11.3 Å². The Bertz CT molecular complexity index is 913. The van der Waals surface area contributed by atoms with Crippen molar-refractivity contribution in [2.24, 2.45) is 0 Å². The molecule has 0 N–H and O–H groups in total. The van der Waals surface area contributed by atoms with Crippen molar-refractivity contribution < 1.29 is 13.6 Å². The van der Waals surface area contributed by atoms with Crippen molar-refractivity contribution >= 4 is 28.5 Å². The van der Waals surface area contributed by atoms with E-state index in [-0.39, 0.29) is 17.8 Å². The Balaban J connectivity index is 1.79. The maximum Gasteiger partial charge on any atom is 0.147 e. The van der Waals surface area contributed by atoms with Crippen molar-refractivity contribution in [1.82, 2.24) is 9.97 Å². The summed E-state index contributed by atoms with van der Waals surface area (Å²) in [6.07, 6.45) is 0.0520. The smallest absolute Gasteiger partial charge is 0.147 e. The van der Waals surface area contributed by atoms with Gasteiger partial charge < -0.3 is 0 Å². The minimum absolute atomic E-state index is 0.0520. The molecule has 0 amide bonds. The molecule has 0 aliphatic heterocycles. The first-order valence-corrected chi connectivity index (χ1v) is 9.42. The molecular formula is C18H16F2N2OS2. The average molecular weight is 378 g/mol. The van der Waals surface area contributed by atoms with Gasteiger partial charge in [0.25, 0.3) is 0 Å². The standard InChI is InChI=1S/C18H16F2N2OS2/c1-9(17-12(19)5-4-6-13(17)20)15(23)7-16-22-14(8-24-16)18-10(2)21-11(3)25-18/h4-6,8-9H,7H2,1-3H3. The van der Waals surface area contributed by atoms with Gasteiger partial charge in [0.05, 0.1) is 27.7 Å². The van der Waals surface area contributed by atoms with Crippen LogP contribution < -0.4 is 0 Å². The van der Waals surface area contributed by atoms with E-state index in [0.29, 0.717) is 5.01 Å². The van der Waals surface area contributed by atoms with Gasteiger partial charge in [-0.3, -0.25) is 4.79 Å². The zero-order valence-electron chi connectivity index (χ0n) is 14.0. The maximum absolute atomic E-state index is 13.9. The number of nitrogens with zero attached hydrogens (tertiary/aromatic N) is 2. The van der Waals surface area contributed by atoms with Crippen molar-refractivity contribution in [3.05, 3.63) is 56.5 Å². The van der Waals surface area contributed by atoms with Crippen LogP contribution in [0.15, 0.2) is 23.6 Å². The monoisotopic (exact) mass is 378 g/mol. The third-order valence-corrected chi connectivity index (χ3v) is 5.87. The Morgan fingerprint density at radius 2 is 1.88 bits per heavy atom. The topological polar surface area (TPSA) is 42.9 Å². The Labute approximate surface area is 152 Å². The number of hydrogen-bond acceptors (Lipinski definition) is 5. The van der Waals surface area contributed by atoms with Gasteiger partial charge in [-0.1, -0.05) is 13.0 Å². The Hall–Kier alpha value is -1.99. The molecule has 3 nitrogen and oxygen atoms in total. The number of aromatic nitrogens is 2. The number of Topliss-reactive ketones (excluding diaryl/α,β-unsaturated/α-hetero) is 1. The highest BCUT2D eigenvalue weighted by Crippen LogP contribution is 2.31. The summed E-state index contributed by atoms with van der Waals surface area (Å²) in [6.45, 7) is 5.38. The van der Waals surface area contributed by atoms with E-state index < -0.39 is 17.6 Å². The molecule has 2 aromatic heterocycles. The van der Waals surface area contributed by atoms with Crippen LogP contribution in [0.1, 0.15) is 34.1 Å². The molecule has 0 spiro atoms. The predicted molar refractivity (Wildman–Crippen MR) is 96.2 cm³/mol. The van der Waals surface area contributed by atoms with Gasteiger partial charge >= 0.3 is 0 Å². The number of aryl methyl sites for hydroxylation is 2. The highest BCUT2D eigenvalue weighted by molar-refractivity contribution is 7.16. The Morgan fingerprint density at radius 3 is 2.48 bits per heavy atom. The molecule has 0 aliphatic carbocycles. The number of benzene rings is 1. The van der Waals surface area contributed by atoms with E-state index in [9.17, 15) is 13.6 Å². The van der Waals surface area contributed by atoms with Crippen LogP contribution in [0.2, 0.25) is 0 Å². The molecule has 0 fully saturated rings. The molecule has 130 valence electrons. The molecule has 3 aromatic rings. The number of ketones is 1. The molecule has 0 bridgehead atoms. The minimum Gasteiger partial charge on any atom is -0.299 e. The van der Waals surface area contributed by atoms with Crippen molar-refractivity contribution in [1.29, 1.82) is 0 Å². The second-order valence-corrected chi connectivity index (χ2v) is 7.92. The molecule has 0 radical (unpaired) electrons. The lowest BCUT2D eigenvalue weighted by Gasteiger charge is -2.12. The van der Waals surface area contributed by atoms with Crippen LogP contribution in [-0.2, 0) is 11.2 Å². The number of halogens is 2. The van der Waals surface area contributed by atoms with Crippen molar-refractivity contribution in [2.75, 3.05) is 0 Å². The third-order valence-electron chi connectivity index (χ3n) is 3.93. The lowest BCUT2D eigenvalue weighted by Crippen LogP contribution is -2.15. The zero-order chi connectivity index (χ0) is 18.1. The highest BCUT2D eigenvalue weighted by Gasteiger charge is 2.23. The Kier molecular flexibility index (Phi) is 5.06. The molecular weight excluding hydrogens is 362 g/mol. The van der Waals surface area contributed by atoms with E-state index in [4.69, 9.17) is 0 Å². The summed E-state index contributed by atoms with van der Waals surface area (Å²) in [7, 11) is 0. The van der Waals surface area contributed by atoms with E-state index >= 15 is 0 Å². The largest absolute Gasteiger partial charge is 0.299 e. The van der Waals surface area contributed by atoms with Gasteiger partial charge in [-0.05, 0) is 26.0 Å². The molecule has 0 saturated carbocycles. The summed E-state index contributed by atoms with van der Waals surface area (Å²) in [5.74, 6) is -2.52. The second-order valence-electron chi connectivity index (χ2n) is 5.77. The van der Waals surface area contributed by atoms with Crippen LogP contribution in [0.3, 0.4) is 0 Å². The fourth-order valence-corrected chi connectivity index (χ4v) is 4.40. The SMILES string of the molecule is Cc1nc(C)c(-c2csc(CC(=O)C(C)c3c(F)cccc3F)n2)s1. The van der Waals surface area contributed by atoms with Gasteiger partial charge in [0, 0.05) is 16.9 Å². The van der Waals surface area contributed by atoms with Gasteiger partial charge in [-0.15, -0.1) is 22.7 Å². The summed E-state index contributed by atoms with van der Waals surface area (Å²) in [5, 5.41) is 3.48. The van der Waals surface area contributed by atoms with Gasteiger partial charge in [-0.2, -0.15) is 0 Å². The first kappa shape index (κ1) is 17.8. The van der Waals surface area contributed by atoms with Gasteiger partial charge in [0.1, 0.15) is 22.4 Å². The molecule has 0 aliphatic rings. The van der Waals surface area contributed by atoms with Gasteiger partial charge in [0.15, 0.2) is 0 Å². The van der Waals surface area contributed by atoms with Crippen LogP contribution in [0, 0.1) is 25.5 Å². The molecule has 25 heavy (non-hydrogen) atoms. The lowest BCUT2D eigenvalue weighted by atomic mass is 9.94. The van der Waals surface area contributed by atoms with E-state index in [1.165, 1.54) is 36.5 Å². The summed E-state index contributed by atoms with van der Waals surface area (Å²) in [4.78, 5) is 22.3. The van der Waals surface area contributed by atoms with Crippen molar-refractivity contribution in [2.45, 2.75) is 33.1 Å². The second kappa shape index (κ2) is 7.09. The first-order valence-electron chi connectivity index (χ1n) is 7.72. The summed E-state index contributed by atoms with van der Waals surface area (Å²) < 4.78 is 27.7. The first-order chi connectivity index (χ1) is 11.9. The van der Waals surface area contributed by atoms with E-state index in [2.05, 4.69) is 9.97 Å². The molecule has 2 heterocycles. The molecule has 1 aromatic carbocycles. The van der Waals surface area contributed by atoms with Crippen molar-refractivity contribution in [3.8, 4) is 10.6 Å². The van der Waals surface area contributed by atoms with E-state index in [0.717, 1.165) is 21.3 Å². The zero-order valence-corrected chi connectivity index (χ0v) is 15.6. The molecule has 7 heteroatoms. The summed E-state index contributed by atoms with van der Waals surface area (Å²) in [5.41, 5.74) is 1.52. The third kappa shape index (κ3) is 3.67. The fraction of sp³-hybridized carbons (Fsp3) is 0.278. The highest BCUT2D eigenvalue weighted by atomic mass is 32.1. The lowest BCUT2D eigenvalue weighted by molar-refractivity contribution is -0.119. The molecule has 1 unspecified atom stereocenters. The quantitative estimate of drug-likeness (QED) is 0.622. The summed E-state index contributed by atoms with van der Waals surface area (Å²) >= 11 is 2.93. The van der Waals surface area contributed by atoms with Crippen LogP contribution >= 0.6 is 22.7 Å². The number of hydrogen-bond donors (Lipinski definition) is 0. The van der Waals surface area contributed by atoms with Crippen molar-refractivity contribution in [3.63, 3.8) is 0 Å². The number of thiazole rings is 2. The molecule has 1 atom stereocenters. The number of carbonyl (C=O) groups is 1. The fourth-order valence-electron chi connectivity index (χ4n) is 2.65. The van der Waals surface area contributed by atoms with Crippen LogP contribution in [0.25, 0.3) is 10.6 Å². The molecule has 3 rings (SSSR count). The number of rotatable bonds is 5. The molecule has 0 saturated heterocycles. The maximum atomic E-state index is 13.9. The number of carbonyl (C=O) groups excluding carboxylic acids is 1. The minimum atomic E-state index is -0.860. The van der Waals surface area contributed by atoms with Crippen LogP contribution in [0.5, 0.6) is 0 Å². The average Bonchev–Trinajstić information content (AvgIpc) is 3.12. The van der Waals surface area contributed by atoms with Crippen LogP contribution in [0.4, 0.5) is 8.78 Å². The van der Waals surface area contributed by atoms with Crippen LogP contribution in [-0.4, -0.2) is 15.8 Å². The van der Waals surface area contributed by atoms with Gasteiger partial charge in [-0.25, -0.2) is 18.7 Å². The van der Waals surface area contributed by atoms with Gasteiger partial charge in [0.2, 0.25) is 0 Å². The van der Waals surface area contributed by atoms with E-state index in [1.807, 2.05) is 19.2 Å². The Morgan fingerprint density at radius 1 is 1.20 bits per heavy atom. The normalized spacial score (nSPS) is 12.4.